The first kappa shape index (κ1) is 25.4. The number of methoxy groups -OCH3 is 1. The van der Waals surface area contributed by atoms with E-state index in [9.17, 15) is 14.4 Å². The van der Waals surface area contributed by atoms with Crippen LogP contribution >= 0.6 is 0 Å². The number of morpholine rings is 1. The van der Waals surface area contributed by atoms with Gasteiger partial charge in [-0.3, -0.25) is 9.69 Å². The molecule has 0 saturated carbocycles. The first-order valence-corrected chi connectivity index (χ1v) is 10.8. The summed E-state index contributed by atoms with van der Waals surface area (Å²) >= 11 is 0. The molecular formula is C24H34N2O6. The largest absolute Gasteiger partial charge is 0.467 e. The van der Waals surface area contributed by atoms with Crippen LogP contribution in [0.3, 0.4) is 0 Å². The van der Waals surface area contributed by atoms with Crippen molar-refractivity contribution in [3.05, 3.63) is 48.6 Å². The summed E-state index contributed by atoms with van der Waals surface area (Å²) in [6.45, 7) is 10.6. The fourth-order valence-corrected chi connectivity index (χ4v) is 3.54. The van der Waals surface area contributed by atoms with Crippen LogP contribution in [0.4, 0.5) is 4.79 Å². The molecule has 0 bridgehead atoms. The zero-order valence-electron chi connectivity index (χ0n) is 19.4. The summed E-state index contributed by atoms with van der Waals surface area (Å²) in [5, 5.41) is 0. The number of rotatable bonds is 8. The number of hydrogen-bond donors (Lipinski definition) is 0. The van der Waals surface area contributed by atoms with Crippen molar-refractivity contribution >= 4 is 18.0 Å². The highest BCUT2D eigenvalue weighted by Crippen LogP contribution is 2.22. The lowest BCUT2D eigenvalue weighted by Crippen LogP contribution is -2.59. The molecule has 1 aliphatic rings. The molecule has 1 heterocycles. The number of hydrogen-bond acceptors (Lipinski definition) is 6. The van der Waals surface area contributed by atoms with Crippen molar-refractivity contribution in [2.75, 3.05) is 33.4 Å². The predicted octanol–water partition coefficient (Wildman–Crippen LogP) is 2.81. The van der Waals surface area contributed by atoms with Gasteiger partial charge in [-0.25, -0.2) is 9.59 Å². The Morgan fingerprint density at radius 1 is 1.16 bits per heavy atom. The van der Waals surface area contributed by atoms with Crippen LogP contribution in [0.1, 0.15) is 32.8 Å². The van der Waals surface area contributed by atoms with Crippen LogP contribution < -0.4 is 0 Å². The zero-order valence-corrected chi connectivity index (χ0v) is 19.4. The summed E-state index contributed by atoms with van der Waals surface area (Å²) in [5.41, 5.74) is 0.0404. The molecule has 2 unspecified atom stereocenters. The fraction of sp³-hybridized carbons (Fsp3) is 0.542. The van der Waals surface area contributed by atoms with Crippen molar-refractivity contribution in [1.82, 2.24) is 9.80 Å². The highest BCUT2D eigenvalue weighted by atomic mass is 16.6. The van der Waals surface area contributed by atoms with E-state index in [0.717, 1.165) is 5.56 Å². The van der Waals surface area contributed by atoms with Crippen LogP contribution in [0.25, 0.3) is 0 Å². The van der Waals surface area contributed by atoms with Crippen LogP contribution in [0.2, 0.25) is 0 Å². The molecule has 8 nitrogen and oxygen atoms in total. The van der Waals surface area contributed by atoms with E-state index in [1.165, 1.54) is 18.1 Å². The van der Waals surface area contributed by atoms with Gasteiger partial charge in [-0.1, -0.05) is 36.4 Å². The molecule has 1 aromatic rings. The Labute approximate surface area is 190 Å². The molecule has 0 N–H and O–H groups in total. The molecule has 32 heavy (non-hydrogen) atoms. The van der Waals surface area contributed by atoms with Crippen molar-refractivity contribution in [2.24, 2.45) is 0 Å². The van der Waals surface area contributed by atoms with Crippen LogP contribution in [0.15, 0.2) is 43.0 Å². The van der Waals surface area contributed by atoms with E-state index >= 15 is 0 Å². The van der Waals surface area contributed by atoms with Gasteiger partial charge in [0.15, 0.2) is 0 Å². The van der Waals surface area contributed by atoms with Crippen molar-refractivity contribution < 1.29 is 28.6 Å². The Kier molecular flexibility index (Phi) is 9.26. The van der Waals surface area contributed by atoms with Crippen LogP contribution in [0.5, 0.6) is 0 Å². The van der Waals surface area contributed by atoms with Gasteiger partial charge >= 0.3 is 12.1 Å². The summed E-state index contributed by atoms with van der Waals surface area (Å²) in [7, 11) is 1.25. The Bertz CT molecular complexity index is 783. The maximum absolute atomic E-state index is 13.7. The fourth-order valence-electron chi connectivity index (χ4n) is 3.54. The highest BCUT2D eigenvalue weighted by Gasteiger charge is 2.42. The van der Waals surface area contributed by atoms with Crippen molar-refractivity contribution in [3.63, 3.8) is 0 Å². The van der Waals surface area contributed by atoms with Crippen LogP contribution in [-0.4, -0.2) is 78.9 Å². The minimum absolute atomic E-state index is 0.119. The number of benzene rings is 1. The normalized spacial score (nSPS) is 15.9. The molecule has 0 radical (unpaired) electrons. The molecule has 0 spiro atoms. The third-order valence-corrected chi connectivity index (χ3v) is 5.02. The second-order valence-electron chi connectivity index (χ2n) is 8.59. The summed E-state index contributed by atoms with van der Waals surface area (Å²) in [5.74, 6) is -0.899. The third-order valence-electron chi connectivity index (χ3n) is 5.02. The first-order chi connectivity index (χ1) is 15.2. The maximum Gasteiger partial charge on any atom is 0.411 e. The number of amides is 2. The Balaban J connectivity index is 2.53. The van der Waals surface area contributed by atoms with E-state index < -0.39 is 29.7 Å². The smallest absolute Gasteiger partial charge is 0.411 e. The van der Waals surface area contributed by atoms with Gasteiger partial charge in [-0.2, -0.15) is 0 Å². The van der Waals surface area contributed by atoms with Crippen molar-refractivity contribution in [3.8, 4) is 0 Å². The standard InChI is InChI=1S/C24H34N2O6/c1-6-10-19(22(28)30-5)26(23(29)32-24(2,3)4)20(17-18-11-8-7-9-12-18)21(27)25-13-15-31-16-14-25/h6-9,11-12,19-20H,1,10,13-17H2,2-5H3. The van der Waals surface area contributed by atoms with Crippen LogP contribution in [-0.2, 0) is 30.2 Å². The molecule has 1 fully saturated rings. The minimum Gasteiger partial charge on any atom is -0.467 e. The minimum atomic E-state index is -1.05. The van der Waals surface area contributed by atoms with E-state index in [1.54, 1.807) is 25.7 Å². The number of nitrogens with zero attached hydrogens (tertiary/aromatic N) is 2. The summed E-state index contributed by atoms with van der Waals surface area (Å²) in [6, 6.07) is 7.36. The van der Waals surface area contributed by atoms with E-state index in [2.05, 4.69) is 6.58 Å². The topological polar surface area (TPSA) is 85.4 Å². The molecule has 1 aromatic carbocycles. The monoisotopic (exact) mass is 446 g/mol. The summed E-state index contributed by atoms with van der Waals surface area (Å²) < 4.78 is 16.0. The Morgan fingerprint density at radius 3 is 2.31 bits per heavy atom. The molecule has 0 aromatic heterocycles. The second-order valence-corrected chi connectivity index (χ2v) is 8.59. The number of carbonyl (C=O) groups excluding carboxylic acids is 3. The van der Waals surface area contributed by atoms with Gasteiger partial charge in [0.25, 0.3) is 0 Å². The lowest BCUT2D eigenvalue weighted by Gasteiger charge is -2.39. The SMILES string of the molecule is C=CCC(C(=O)OC)N(C(=O)OC(C)(C)C)C(Cc1ccccc1)C(=O)N1CCOCC1. The number of esters is 1. The predicted molar refractivity (Wildman–Crippen MR) is 120 cm³/mol. The number of ether oxygens (including phenoxy) is 3. The Hall–Kier alpha value is -2.87. The average molecular weight is 447 g/mol. The van der Waals surface area contributed by atoms with Gasteiger partial charge in [0.05, 0.1) is 20.3 Å². The first-order valence-electron chi connectivity index (χ1n) is 10.8. The molecule has 2 rings (SSSR count). The summed E-state index contributed by atoms with van der Waals surface area (Å²) in [4.78, 5) is 42.7. The number of carbonyl (C=O) groups is 3. The third kappa shape index (κ3) is 7.09. The van der Waals surface area contributed by atoms with Crippen molar-refractivity contribution in [2.45, 2.75) is 51.3 Å². The molecule has 176 valence electrons. The molecule has 8 heteroatoms. The highest BCUT2D eigenvalue weighted by molar-refractivity contribution is 5.89. The lowest BCUT2D eigenvalue weighted by atomic mass is 10.00. The lowest BCUT2D eigenvalue weighted by molar-refractivity contribution is -0.151. The van der Waals surface area contributed by atoms with Gasteiger partial charge in [0.2, 0.25) is 5.91 Å². The van der Waals surface area contributed by atoms with Crippen LogP contribution in [0, 0.1) is 0 Å². The van der Waals surface area contributed by atoms with Gasteiger partial charge in [0, 0.05) is 19.5 Å². The van der Waals surface area contributed by atoms with E-state index in [4.69, 9.17) is 14.2 Å². The van der Waals surface area contributed by atoms with E-state index in [0.29, 0.717) is 26.3 Å². The van der Waals surface area contributed by atoms with Crippen molar-refractivity contribution in [1.29, 1.82) is 0 Å². The quantitative estimate of drug-likeness (QED) is 0.451. The summed E-state index contributed by atoms with van der Waals surface area (Å²) in [6.07, 6.45) is 1.11. The average Bonchev–Trinajstić information content (AvgIpc) is 2.77. The Morgan fingerprint density at radius 2 is 1.78 bits per heavy atom. The molecule has 1 aliphatic heterocycles. The van der Waals surface area contributed by atoms with E-state index in [-0.39, 0.29) is 18.7 Å². The molecular weight excluding hydrogens is 412 g/mol. The molecule has 2 atom stereocenters. The maximum atomic E-state index is 13.7. The zero-order chi connectivity index (χ0) is 23.7. The van der Waals surface area contributed by atoms with Gasteiger partial charge in [-0.15, -0.1) is 6.58 Å². The second kappa shape index (κ2) is 11.7. The molecule has 0 aliphatic carbocycles. The molecule has 1 saturated heterocycles. The van der Waals surface area contributed by atoms with Gasteiger partial charge < -0.3 is 19.1 Å². The van der Waals surface area contributed by atoms with Gasteiger partial charge in [0.1, 0.15) is 17.7 Å². The van der Waals surface area contributed by atoms with Gasteiger partial charge in [-0.05, 0) is 32.8 Å². The van der Waals surface area contributed by atoms with E-state index in [1.807, 2.05) is 30.3 Å². The molecule has 2 amide bonds.